The molecule has 5 heteroatoms. The number of nitrogens with one attached hydrogen (secondary N) is 2. The first-order chi connectivity index (χ1) is 8.52. The molecule has 0 aromatic heterocycles. The fourth-order valence-corrected chi connectivity index (χ4v) is 1.47. The van der Waals surface area contributed by atoms with Gasteiger partial charge in [-0.1, -0.05) is 0 Å². The summed E-state index contributed by atoms with van der Waals surface area (Å²) in [6, 6.07) is 4.56. The molecule has 1 amide bonds. The molecule has 1 aromatic rings. The zero-order valence-corrected chi connectivity index (χ0v) is 10.9. The molecule has 0 atom stereocenters. The third-order valence-corrected chi connectivity index (χ3v) is 2.29. The number of carbonyl (C=O) groups excluding carboxylic acids is 1. The van der Waals surface area contributed by atoms with Crippen LogP contribution in [0.4, 0.5) is 10.1 Å². The summed E-state index contributed by atoms with van der Waals surface area (Å²) in [5, 5.41) is 5.64. The van der Waals surface area contributed by atoms with Crippen LogP contribution >= 0.6 is 0 Å². The van der Waals surface area contributed by atoms with Gasteiger partial charge in [0.1, 0.15) is 11.6 Å². The average molecular weight is 254 g/mol. The first-order valence-electron chi connectivity index (χ1n) is 5.89. The van der Waals surface area contributed by atoms with Crippen LogP contribution in [-0.2, 0) is 4.79 Å². The molecule has 0 aliphatic heterocycles. The van der Waals surface area contributed by atoms with Gasteiger partial charge in [-0.25, -0.2) is 4.39 Å². The molecule has 0 unspecified atom stereocenters. The van der Waals surface area contributed by atoms with Crippen LogP contribution in [0.2, 0.25) is 0 Å². The highest BCUT2D eigenvalue weighted by atomic mass is 19.1. The molecule has 1 aromatic carbocycles. The van der Waals surface area contributed by atoms with E-state index in [9.17, 15) is 9.18 Å². The van der Waals surface area contributed by atoms with E-state index in [1.807, 2.05) is 13.8 Å². The zero-order valence-electron chi connectivity index (χ0n) is 10.9. The summed E-state index contributed by atoms with van der Waals surface area (Å²) >= 11 is 0. The van der Waals surface area contributed by atoms with Crippen LogP contribution in [0.3, 0.4) is 0 Å². The Morgan fingerprint density at radius 3 is 2.78 bits per heavy atom. The molecular weight excluding hydrogens is 235 g/mol. The average Bonchev–Trinajstić information content (AvgIpc) is 2.30. The predicted octanol–water partition coefficient (Wildman–Crippen LogP) is 2.16. The number of ether oxygens (including phenoxy) is 1. The van der Waals surface area contributed by atoms with E-state index in [4.69, 9.17) is 4.74 Å². The Labute approximate surface area is 107 Å². The van der Waals surface area contributed by atoms with E-state index >= 15 is 0 Å². The fraction of sp³-hybridized carbons (Fsp3) is 0.462. The maximum Gasteiger partial charge on any atom is 0.221 e. The van der Waals surface area contributed by atoms with Crippen molar-refractivity contribution in [3.63, 3.8) is 0 Å². The summed E-state index contributed by atoms with van der Waals surface area (Å²) < 4.78 is 18.4. The second-order valence-electron chi connectivity index (χ2n) is 4.24. The van der Waals surface area contributed by atoms with Gasteiger partial charge in [0.15, 0.2) is 0 Å². The Hall–Kier alpha value is -1.78. The first kappa shape index (κ1) is 14.3. The normalized spacial score (nSPS) is 10.3. The van der Waals surface area contributed by atoms with Crippen LogP contribution in [0.25, 0.3) is 0 Å². The SMILES string of the molecule is COc1ccc(F)c(NCCC(=O)NC(C)C)c1. The van der Waals surface area contributed by atoms with Gasteiger partial charge in [-0.3, -0.25) is 4.79 Å². The van der Waals surface area contributed by atoms with Crippen molar-refractivity contribution in [3.8, 4) is 5.75 Å². The Balaban J connectivity index is 2.46. The minimum absolute atomic E-state index is 0.0548. The van der Waals surface area contributed by atoms with Gasteiger partial charge in [0.25, 0.3) is 0 Å². The molecular formula is C13H19FN2O2. The molecule has 18 heavy (non-hydrogen) atoms. The smallest absolute Gasteiger partial charge is 0.221 e. The highest BCUT2D eigenvalue weighted by molar-refractivity contribution is 5.76. The molecule has 0 aliphatic carbocycles. The number of halogens is 1. The lowest BCUT2D eigenvalue weighted by Crippen LogP contribution is -2.31. The molecule has 0 saturated carbocycles. The molecule has 0 heterocycles. The van der Waals surface area contributed by atoms with E-state index in [0.717, 1.165) is 0 Å². The van der Waals surface area contributed by atoms with Crippen molar-refractivity contribution in [2.45, 2.75) is 26.3 Å². The van der Waals surface area contributed by atoms with Gasteiger partial charge in [-0.2, -0.15) is 0 Å². The maximum absolute atomic E-state index is 13.4. The van der Waals surface area contributed by atoms with E-state index in [2.05, 4.69) is 10.6 Å². The van der Waals surface area contributed by atoms with Gasteiger partial charge < -0.3 is 15.4 Å². The zero-order chi connectivity index (χ0) is 13.5. The van der Waals surface area contributed by atoms with Gasteiger partial charge in [0.05, 0.1) is 12.8 Å². The monoisotopic (exact) mass is 254 g/mol. The summed E-state index contributed by atoms with van der Waals surface area (Å²) in [5.41, 5.74) is 0.340. The second kappa shape index (κ2) is 6.83. The van der Waals surface area contributed by atoms with Gasteiger partial charge in [0.2, 0.25) is 5.91 Å². The lowest BCUT2D eigenvalue weighted by molar-refractivity contribution is -0.121. The molecule has 0 radical (unpaired) electrons. The Bertz CT molecular complexity index is 408. The van der Waals surface area contributed by atoms with Crippen LogP contribution in [-0.4, -0.2) is 25.6 Å². The van der Waals surface area contributed by atoms with Crippen molar-refractivity contribution in [1.29, 1.82) is 0 Å². The molecule has 100 valence electrons. The van der Waals surface area contributed by atoms with Gasteiger partial charge in [0, 0.05) is 25.1 Å². The molecule has 4 nitrogen and oxygen atoms in total. The summed E-state index contributed by atoms with van der Waals surface area (Å²) in [6.07, 6.45) is 0.300. The molecule has 0 fully saturated rings. The Morgan fingerprint density at radius 2 is 2.17 bits per heavy atom. The number of hydrogen-bond donors (Lipinski definition) is 2. The van der Waals surface area contributed by atoms with Gasteiger partial charge >= 0.3 is 0 Å². The van der Waals surface area contributed by atoms with E-state index in [1.54, 1.807) is 12.1 Å². The fourth-order valence-electron chi connectivity index (χ4n) is 1.47. The third-order valence-electron chi connectivity index (χ3n) is 2.29. The number of anilines is 1. The van der Waals surface area contributed by atoms with Gasteiger partial charge in [-0.15, -0.1) is 0 Å². The minimum atomic E-state index is -0.361. The van der Waals surface area contributed by atoms with E-state index in [0.29, 0.717) is 24.4 Å². The van der Waals surface area contributed by atoms with Gasteiger partial charge in [-0.05, 0) is 26.0 Å². The number of carbonyl (C=O) groups is 1. The highest BCUT2D eigenvalue weighted by Crippen LogP contribution is 2.20. The number of benzene rings is 1. The number of rotatable bonds is 6. The second-order valence-corrected chi connectivity index (χ2v) is 4.24. The van der Waals surface area contributed by atoms with Crippen molar-refractivity contribution < 1.29 is 13.9 Å². The molecule has 0 saturated heterocycles. The number of amides is 1. The van der Waals surface area contributed by atoms with Crippen LogP contribution in [0.15, 0.2) is 18.2 Å². The summed E-state index contributed by atoms with van der Waals surface area (Å²) in [6.45, 7) is 4.17. The van der Waals surface area contributed by atoms with Crippen LogP contribution < -0.4 is 15.4 Å². The Kier molecular flexibility index (Phi) is 5.42. The van der Waals surface area contributed by atoms with Crippen LogP contribution in [0.5, 0.6) is 5.75 Å². The largest absolute Gasteiger partial charge is 0.497 e. The highest BCUT2D eigenvalue weighted by Gasteiger charge is 2.06. The molecule has 0 aliphatic rings. The number of hydrogen-bond acceptors (Lipinski definition) is 3. The van der Waals surface area contributed by atoms with Crippen molar-refractivity contribution in [1.82, 2.24) is 5.32 Å². The van der Waals surface area contributed by atoms with Crippen molar-refractivity contribution >= 4 is 11.6 Å². The van der Waals surface area contributed by atoms with Crippen molar-refractivity contribution in [3.05, 3.63) is 24.0 Å². The molecule has 0 spiro atoms. The number of methoxy groups -OCH3 is 1. The minimum Gasteiger partial charge on any atom is -0.497 e. The lowest BCUT2D eigenvalue weighted by atomic mass is 10.2. The van der Waals surface area contributed by atoms with Crippen LogP contribution in [0.1, 0.15) is 20.3 Å². The maximum atomic E-state index is 13.4. The molecule has 2 N–H and O–H groups in total. The van der Waals surface area contributed by atoms with Crippen molar-refractivity contribution in [2.75, 3.05) is 19.0 Å². The predicted molar refractivity (Wildman–Crippen MR) is 69.3 cm³/mol. The summed E-state index contributed by atoms with van der Waals surface area (Å²) in [7, 11) is 1.52. The summed E-state index contributed by atoms with van der Waals surface area (Å²) in [5.74, 6) is 0.159. The van der Waals surface area contributed by atoms with E-state index < -0.39 is 0 Å². The first-order valence-corrected chi connectivity index (χ1v) is 5.89. The van der Waals surface area contributed by atoms with Crippen LogP contribution in [0, 0.1) is 5.82 Å². The third kappa shape index (κ3) is 4.61. The van der Waals surface area contributed by atoms with Crippen molar-refractivity contribution in [2.24, 2.45) is 0 Å². The quantitative estimate of drug-likeness (QED) is 0.818. The summed E-state index contributed by atoms with van der Waals surface area (Å²) in [4.78, 5) is 11.4. The van der Waals surface area contributed by atoms with E-state index in [-0.39, 0.29) is 17.8 Å². The van der Waals surface area contributed by atoms with E-state index in [1.165, 1.54) is 13.2 Å². The molecule has 0 bridgehead atoms. The standard InChI is InChI=1S/C13H19FN2O2/c1-9(2)16-13(17)6-7-15-12-8-10(18-3)4-5-11(12)14/h4-5,8-9,15H,6-7H2,1-3H3,(H,16,17). The Morgan fingerprint density at radius 1 is 1.44 bits per heavy atom. The lowest BCUT2D eigenvalue weighted by Gasteiger charge is -2.11. The molecule has 1 rings (SSSR count). The topological polar surface area (TPSA) is 50.4 Å².